The van der Waals surface area contributed by atoms with Crippen LogP contribution in [0.3, 0.4) is 0 Å². The molecule has 1 aromatic carbocycles. The minimum atomic E-state index is -0.408. The van der Waals surface area contributed by atoms with E-state index in [4.69, 9.17) is 5.26 Å². The van der Waals surface area contributed by atoms with Crippen LogP contribution in [0.1, 0.15) is 22.4 Å². The molecule has 0 aliphatic carbocycles. The van der Waals surface area contributed by atoms with Crippen molar-refractivity contribution in [1.29, 1.82) is 5.26 Å². The van der Waals surface area contributed by atoms with Crippen molar-refractivity contribution in [3.63, 3.8) is 0 Å². The molecule has 2 aromatic heterocycles. The Labute approximate surface area is 138 Å². The van der Waals surface area contributed by atoms with Gasteiger partial charge in [0.15, 0.2) is 0 Å². The Morgan fingerprint density at radius 2 is 1.83 bits per heavy atom. The molecule has 2 heterocycles. The van der Waals surface area contributed by atoms with Gasteiger partial charge in [0.25, 0.3) is 5.56 Å². The Bertz CT molecular complexity index is 1100. The summed E-state index contributed by atoms with van der Waals surface area (Å²) in [7, 11) is 1.62. The lowest BCUT2D eigenvalue weighted by Crippen LogP contribution is -2.40. The van der Waals surface area contributed by atoms with E-state index in [9.17, 15) is 9.59 Å². The molecule has 0 atom stereocenters. The maximum Gasteiger partial charge on any atom is 0.332 e. The number of rotatable bonds is 2. The van der Waals surface area contributed by atoms with Crippen LogP contribution in [0.4, 0.5) is 0 Å². The molecule has 0 aliphatic rings. The van der Waals surface area contributed by atoms with Gasteiger partial charge >= 0.3 is 5.69 Å². The lowest BCUT2D eigenvalue weighted by molar-refractivity contribution is 0.656. The Morgan fingerprint density at radius 3 is 2.46 bits per heavy atom. The third-order valence-electron chi connectivity index (χ3n) is 4.04. The average molecular weight is 320 g/mol. The highest BCUT2D eigenvalue weighted by Crippen LogP contribution is 2.12. The molecular weight excluding hydrogens is 304 g/mol. The van der Waals surface area contributed by atoms with Crippen molar-refractivity contribution in [2.45, 2.75) is 20.4 Å². The fourth-order valence-corrected chi connectivity index (χ4v) is 2.82. The normalized spacial score (nSPS) is 10.8. The van der Waals surface area contributed by atoms with E-state index in [-0.39, 0.29) is 12.1 Å². The summed E-state index contributed by atoms with van der Waals surface area (Å²) in [5.74, 6) is 0. The SMILES string of the molecule is Cc1cc(C)c2c(=O)n(Cc3ccc(C#N)cc3)c(=O)n(C)c2n1. The summed E-state index contributed by atoms with van der Waals surface area (Å²) in [5, 5.41) is 9.30. The lowest BCUT2D eigenvalue weighted by atomic mass is 10.1. The maximum absolute atomic E-state index is 12.8. The fraction of sp³-hybridized carbons (Fsp3) is 0.222. The minimum Gasteiger partial charge on any atom is -0.280 e. The van der Waals surface area contributed by atoms with Crippen molar-refractivity contribution in [3.05, 3.63) is 73.6 Å². The molecule has 24 heavy (non-hydrogen) atoms. The zero-order chi connectivity index (χ0) is 17.4. The van der Waals surface area contributed by atoms with E-state index >= 15 is 0 Å². The fourth-order valence-electron chi connectivity index (χ4n) is 2.82. The summed E-state index contributed by atoms with van der Waals surface area (Å²) in [5.41, 5.74) is 2.53. The molecule has 0 unspecified atom stereocenters. The van der Waals surface area contributed by atoms with Crippen molar-refractivity contribution >= 4 is 11.0 Å². The van der Waals surface area contributed by atoms with Gasteiger partial charge in [0.2, 0.25) is 0 Å². The molecule has 6 heteroatoms. The number of aryl methyl sites for hydroxylation is 3. The van der Waals surface area contributed by atoms with Crippen LogP contribution in [-0.4, -0.2) is 14.1 Å². The first-order valence-electron chi connectivity index (χ1n) is 7.49. The van der Waals surface area contributed by atoms with Gasteiger partial charge in [-0.1, -0.05) is 12.1 Å². The third kappa shape index (κ3) is 2.50. The van der Waals surface area contributed by atoms with Crippen LogP contribution in [0.15, 0.2) is 39.9 Å². The number of nitrogens with zero attached hydrogens (tertiary/aromatic N) is 4. The molecule has 0 N–H and O–H groups in total. The van der Waals surface area contributed by atoms with E-state index < -0.39 is 5.69 Å². The van der Waals surface area contributed by atoms with Gasteiger partial charge in [0.05, 0.1) is 23.6 Å². The molecule has 0 spiro atoms. The van der Waals surface area contributed by atoms with Crippen LogP contribution in [0.5, 0.6) is 0 Å². The number of benzene rings is 1. The Hall–Kier alpha value is -3.20. The second-order valence-corrected chi connectivity index (χ2v) is 5.82. The molecule has 120 valence electrons. The van der Waals surface area contributed by atoms with E-state index in [0.717, 1.165) is 16.8 Å². The highest BCUT2D eigenvalue weighted by molar-refractivity contribution is 5.78. The molecule has 0 aliphatic heterocycles. The second-order valence-electron chi connectivity index (χ2n) is 5.82. The van der Waals surface area contributed by atoms with E-state index in [2.05, 4.69) is 4.98 Å². The Balaban J connectivity index is 2.23. The van der Waals surface area contributed by atoms with Crippen molar-refractivity contribution in [1.82, 2.24) is 14.1 Å². The largest absolute Gasteiger partial charge is 0.332 e. The average Bonchev–Trinajstić information content (AvgIpc) is 2.56. The van der Waals surface area contributed by atoms with Gasteiger partial charge in [0.1, 0.15) is 5.65 Å². The first kappa shape index (κ1) is 15.7. The summed E-state index contributed by atoms with van der Waals surface area (Å²) in [6, 6.07) is 10.7. The van der Waals surface area contributed by atoms with Crippen LogP contribution in [-0.2, 0) is 13.6 Å². The molecule has 0 fully saturated rings. The van der Waals surface area contributed by atoms with Crippen LogP contribution < -0.4 is 11.2 Å². The van der Waals surface area contributed by atoms with Crippen LogP contribution >= 0.6 is 0 Å². The molecular formula is C18H16N4O2. The van der Waals surface area contributed by atoms with Gasteiger partial charge in [-0.15, -0.1) is 0 Å². The predicted molar refractivity (Wildman–Crippen MR) is 91.0 cm³/mol. The first-order chi connectivity index (χ1) is 11.4. The van der Waals surface area contributed by atoms with E-state index in [0.29, 0.717) is 16.6 Å². The van der Waals surface area contributed by atoms with Gasteiger partial charge in [-0.2, -0.15) is 5.26 Å². The summed E-state index contributed by atoms with van der Waals surface area (Å²) in [6.45, 7) is 3.83. The Kier molecular flexibility index (Phi) is 3.78. The maximum atomic E-state index is 12.8. The molecule has 0 saturated carbocycles. The number of hydrogen-bond donors (Lipinski definition) is 0. The summed E-state index contributed by atoms with van der Waals surface area (Å²) in [6.07, 6.45) is 0. The van der Waals surface area contributed by atoms with E-state index in [1.165, 1.54) is 9.13 Å². The van der Waals surface area contributed by atoms with Crippen molar-refractivity contribution < 1.29 is 0 Å². The van der Waals surface area contributed by atoms with Crippen LogP contribution in [0, 0.1) is 25.2 Å². The molecule has 3 aromatic rings. The molecule has 6 nitrogen and oxygen atoms in total. The van der Waals surface area contributed by atoms with Gasteiger partial charge in [-0.05, 0) is 43.2 Å². The first-order valence-corrected chi connectivity index (χ1v) is 7.49. The summed E-state index contributed by atoms with van der Waals surface area (Å²) in [4.78, 5) is 29.7. The number of aromatic nitrogens is 3. The monoisotopic (exact) mass is 320 g/mol. The zero-order valence-corrected chi connectivity index (χ0v) is 13.7. The lowest BCUT2D eigenvalue weighted by Gasteiger charge is -2.12. The standard InChI is InChI=1S/C18H16N4O2/c1-11-8-12(2)20-16-15(11)17(23)22(18(24)21(16)3)10-14-6-4-13(9-19)5-7-14/h4-8H,10H2,1-3H3. The van der Waals surface area contributed by atoms with Crippen molar-refractivity contribution in [2.75, 3.05) is 0 Å². The number of pyridine rings is 1. The number of hydrogen-bond acceptors (Lipinski definition) is 4. The number of nitriles is 1. The quantitative estimate of drug-likeness (QED) is 0.719. The zero-order valence-electron chi connectivity index (χ0n) is 13.7. The van der Waals surface area contributed by atoms with Gasteiger partial charge in [-0.3, -0.25) is 13.9 Å². The number of fused-ring (bicyclic) bond motifs is 1. The van der Waals surface area contributed by atoms with E-state index in [1.54, 1.807) is 31.3 Å². The highest BCUT2D eigenvalue weighted by atomic mass is 16.2. The molecule has 0 radical (unpaired) electrons. The van der Waals surface area contributed by atoms with Crippen molar-refractivity contribution in [3.8, 4) is 6.07 Å². The van der Waals surface area contributed by atoms with Gasteiger partial charge in [0, 0.05) is 12.7 Å². The molecule has 0 saturated heterocycles. The van der Waals surface area contributed by atoms with Crippen LogP contribution in [0.2, 0.25) is 0 Å². The summed E-state index contributed by atoms with van der Waals surface area (Å²) >= 11 is 0. The van der Waals surface area contributed by atoms with Crippen LogP contribution in [0.25, 0.3) is 11.0 Å². The van der Waals surface area contributed by atoms with Gasteiger partial charge in [-0.25, -0.2) is 9.78 Å². The smallest absolute Gasteiger partial charge is 0.280 e. The van der Waals surface area contributed by atoms with E-state index in [1.807, 2.05) is 26.0 Å². The Morgan fingerprint density at radius 1 is 1.17 bits per heavy atom. The predicted octanol–water partition coefficient (Wildman–Crippen LogP) is 1.63. The topological polar surface area (TPSA) is 80.7 Å². The second kappa shape index (κ2) is 5.78. The molecule has 3 rings (SSSR count). The summed E-state index contributed by atoms with van der Waals surface area (Å²) < 4.78 is 2.61. The minimum absolute atomic E-state index is 0.153. The highest BCUT2D eigenvalue weighted by Gasteiger charge is 2.14. The van der Waals surface area contributed by atoms with Crippen molar-refractivity contribution in [2.24, 2.45) is 7.05 Å². The third-order valence-corrected chi connectivity index (χ3v) is 4.04. The molecule has 0 bridgehead atoms. The molecule has 0 amide bonds. The van der Waals surface area contributed by atoms with Gasteiger partial charge < -0.3 is 0 Å².